The summed E-state index contributed by atoms with van der Waals surface area (Å²) in [6.45, 7) is 6.35. The van der Waals surface area contributed by atoms with Gasteiger partial charge in [-0.1, -0.05) is 74.2 Å². The molecule has 0 amide bonds. The zero-order valence-corrected chi connectivity index (χ0v) is 13.9. The molecule has 0 radical (unpaired) electrons. The molecule has 0 N–H and O–H groups in total. The number of hydrogen-bond donors (Lipinski definition) is 0. The fraction of sp³-hybridized carbons (Fsp3) is 0.182. The molecular formula is C22H22O2. The lowest BCUT2D eigenvalue weighted by Crippen LogP contribution is -2.19. The minimum atomic E-state index is -0.265. The Bertz CT molecular complexity index is 800. The Morgan fingerprint density at radius 2 is 1.71 bits per heavy atom. The Labute approximate surface area is 143 Å². The molecule has 1 unspecified atom stereocenters. The lowest BCUT2D eigenvalue weighted by Gasteiger charge is -2.19. The largest absolute Gasteiger partial charge is 0.465 e. The molecule has 24 heavy (non-hydrogen) atoms. The number of fused-ring (bicyclic) bond motifs is 1. The van der Waals surface area contributed by atoms with Gasteiger partial charge in [-0.25, -0.2) is 0 Å². The molecule has 2 nitrogen and oxygen atoms in total. The molecule has 0 aliphatic carbocycles. The Morgan fingerprint density at radius 3 is 2.46 bits per heavy atom. The van der Waals surface area contributed by atoms with Crippen molar-refractivity contribution >= 4 is 16.8 Å². The third-order valence-corrected chi connectivity index (χ3v) is 4.02. The highest BCUT2D eigenvalue weighted by molar-refractivity contribution is 5.85. The van der Waals surface area contributed by atoms with Gasteiger partial charge in [-0.2, -0.15) is 0 Å². The monoisotopic (exact) mass is 318 g/mol. The molecule has 3 aromatic rings. The first kappa shape index (κ1) is 16.3. The highest BCUT2D eigenvalue weighted by Crippen LogP contribution is 2.21. The Kier molecular flexibility index (Phi) is 5.29. The van der Waals surface area contributed by atoms with Crippen LogP contribution in [0.3, 0.4) is 0 Å². The number of hydrogen-bond acceptors (Lipinski definition) is 2. The first-order valence-electron chi connectivity index (χ1n) is 8.27. The summed E-state index contributed by atoms with van der Waals surface area (Å²) < 4.78 is 11.9. The molecule has 2 heteroatoms. The van der Waals surface area contributed by atoms with Crippen LogP contribution in [0.15, 0.2) is 73.3 Å². The topological polar surface area (TPSA) is 18.5 Å². The van der Waals surface area contributed by atoms with Crippen LogP contribution in [0.25, 0.3) is 16.8 Å². The van der Waals surface area contributed by atoms with E-state index in [0.29, 0.717) is 6.61 Å². The Hall–Kier alpha value is -2.58. The summed E-state index contributed by atoms with van der Waals surface area (Å²) in [5.41, 5.74) is 2.25. The van der Waals surface area contributed by atoms with Crippen LogP contribution in [0, 0.1) is 0 Å². The van der Waals surface area contributed by atoms with Crippen molar-refractivity contribution in [1.82, 2.24) is 0 Å². The van der Waals surface area contributed by atoms with Gasteiger partial charge in [-0.15, -0.1) is 0 Å². The summed E-state index contributed by atoms with van der Waals surface area (Å²) in [5, 5.41) is 2.46. The zero-order chi connectivity index (χ0) is 16.8. The number of benzene rings is 3. The van der Waals surface area contributed by atoms with Gasteiger partial charge in [0.1, 0.15) is 5.75 Å². The van der Waals surface area contributed by atoms with Crippen LogP contribution >= 0.6 is 0 Å². The summed E-state index contributed by atoms with van der Waals surface area (Å²) in [7, 11) is 0. The fourth-order valence-corrected chi connectivity index (χ4v) is 2.67. The molecule has 3 rings (SSSR count). The van der Waals surface area contributed by atoms with Crippen molar-refractivity contribution in [2.45, 2.75) is 26.2 Å². The standard InChI is InChI=1S/C22H22O2/c1-3-17-12-14-20(15-13-17)24-22(4-2)23-16-19-10-7-9-18-8-5-6-11-21(18)19/h3,5-15,22H,1,4,16H2,2H3. The van der Waals surface area contributed by atoms with E-state index in [2.05, 4.69) is 56.0 Å². The maximum absolute atomic E-state index is 6.00. The van der Waals surface area contributed by atoms with Crippen molar-refractivity contribution in [3.8, 4) is 5.75 Å². The third-order valence-electron chi connectivity index (χ3n) is 4.02. The SMILES string of the molecule is C=Cc1ccc(OC(CC)OCc2cccc3ccccc23)cc1. The fourth-order valence-electron chi connectivity index (χ4n) is 2.67. The maximum Gasteiger partial charge on any atom is 0.199 e. The Morgan fingerprint density at radius 1 is 0.958 bits per heavy atom. The second kappa shape index (κ2) is 7.80. The van der Waals surface area contributed by atoms with E-state index < -0.39 is 0 Å². The van der Waals surface area contributed by atoms with E-state index in [1.165, 1.54) is 16.3 Å². The molecule has 0 fully saturated rings. The smallest absolute Gasteiger partial charge is 0.199 e. The second-order valence-corrected chi connectivity index (χ2v) is 5.68. The summed E-state index contributed by atoms with van der Waals surface area (Å²) in [6, 6.07) is 22.5. The molecule has 0 saturated heterocycles. The van der Waals surface area contributed by atoms with Gasteiger partial charge >= 0.3 is 0 Å². The molecule has 0 aromatic heterocycles. The van der Waals surface area contributed by atoms with Gasteiger partial charge < -0.3 is 9.47 Å². The first-order valence-corrected chi connectivity index (χ1v) is 8.27. The molecule has 0 heterocycles. The van der Waals surface area contributed by atoms with Crippen LogP contribution < -0.4 is 4.74 Å². The first-order chi connectivity index (χ1) is 11.8. The number of ether oxygens (including phenoxy) is 2. The van der Waals surface area contributed by atoms with Gasteiger partial charge in [0.25, 0.3) is 0 Å². The van der Waals surface area contributed by atoms with Gasteiger partial charge in [-0.3, -0.25) is 0 Å². The van der Waals surface area contributed by atoms with E-state index in [9.17, 15) is 0 Å². The van der Waals surface area contributed by atoms with E-state index in [-0.39, 0.29) is 6.29 Å². The molecule has 1 atom stereocenters. The third kappa shape index (κ3) is 3.84. The van der Waals surface area contributed by atoms with Gasteiger partial charge in [0.2, 0.25) is 0 Å². The lowest BCUT2D eigenvalue weighted by molar-refractivity contribution is -0.0902. The molecule has 0 saturated carbocycles. The van der Waals surface area contributed by atoms with Crippen LogP contribution in [0.5, 0.6) is 5.75 Å². The van der Waals surface area contributed by atoms with Crippen LogP contribution in [0.4, 0.5) is 0 Å². The van der Waals surface area contributed by atoms with E-state index in [1.807, 2.05) is 30.3 Å². The molecule has 0 spiro atoms. The van der Waals surface area contributed by atoms with Crippen molar-refractivity contribution < 1.29 is 9.47 Å². The van der Waals surface area contributed by atoms with Crippen LogP contribution in [-0.2, 0) is 11.3 Å². The average Bonchev–Trinajstić information content (AvgIpc) is 2.65. The van der Waals surface area contributed by atoms with Crippen molar-refractivity contribution in [3.63, 3.8) is 0 Å². The molecule has 0 bridgehead atoms. The van der Waals surface area contributed by atoms with Gasteiger partial charge in [0, 0.05) is 6.42 Å². The molecule has 3 aromatic carbocycles. The lowest BCUT2D eigenvalue weighted by atomic mass is 10.1. The summed E-state index contributed by atoms with van der Waals surface area (Å²) >= 11 is 0. The summed E-state index contributed by atoms with van der Waals surface area (Å²) in [6.07, 6.45) is 2.34. The van der Waals surface area contributed by atoms with Crippen molar-refractivity contribution in [2.75, 3.05) is 0 Å². The molecule has 0 aliphatic rings. The second-order valence-electron chi connectivity index (χ2n) is 5.68. The summed E-state index contributed by atoms with van der Waals surface area (Å²) in [5.74, 6) is 0.811. The van der Waals surface area contributed by atoms with Crippen LogP contribution in [0.2, 0.25) is 0 Å². The van der Waals surface area contributed by atoms with Crippen molar-refractivity contribution in [3.05, 3.63) is 84.4 Å². The average molecular weight is 318 g/mol. The van der Waals surface area contributed by atoms with E-state index >= 15 is 0 Å². The quantitative estimate of drug-likeness (QED) is 0.511. The van der Waals surface area contributed by atoms with Crippen LogP contribution in [-0.4, -0.2) is 6.29 Å². The normalized spacial score (nSPS) is 12.0. The maximum atomic E-state index is 6.00. The molecule has 0 aliphatic heterocycles. The molecular weight excluding hydrogens is 296 g/mol. The van der Waals surface area contributed by atoms with Gasteiger partial charge in [-0.05, 0) is 34.0 Å². The predicted octanol–water partition coefficient (Wildman–Crippen LogP) is 5.81. The minimum Gasteiger partial charge on any atom is -0.465 e. The molecule has 122 valence electrons. The zero-order valence-electron chi connectivity index (χ0n) is 13.9. The van der Waals surface area contributed by atoms with Gasteiger partial charge in [0.05, 0.1) is 6.61 Å². The van der Waals surface area contributed by atoms with E-state index in [4.69, 9.17) is 9.47 Å². The van der Waals surface area contributed by atoms with Crippen LogP contribution in [0.1, 0.15) is 24.5 Å². The van der Waals surface area contributed by atoms with E-state index in [1.54, 1.807) is 0 Å². The minimum absolute atomic E-state index is 0.265. The predicted molar refractivity (Wildman–Crippen MR) is 100.0 cm³/mol. The van der Waals surface area contributed by atoms with Gasteiger partial charge in [0.15, 0.2) is 6.29 Å². The van der Waals surface area contributed by atoms with E-state index in [0.717, 1.165) is 17.7 Å². The number of rotatable bonds is 7. The van der Waals surface area contributed by atoms with Crippen molar-refractivity contribution in [2.24, 2.45) is 0 Å². The highest BCUT2D eigenvalue weighted by Gasteiger charge is 2.10. The highest BCUT2D eigenvalue weighted by atomic mass is 16.7. The Balaban J connectivity index is 1.67. The van der Waals surface area contributed by atoms with Crippen molar-refractivity contribution in [1.29, 1.82) is 0 Å². The summed E-state index contributed by atoms with van der Waals surface area (Å²) in [4.78, 5) is 0.